The van der Waals surface area contributed by atoms with E-state index in [-0.39, 0.29) is 23.9 Å². The number of carbonyl (C=O) groups is 1. The highest BCUT2D eigenvalue weighted by Crippen LogP contribution is 2.61. The number of hydrogen-bond donors (Lipinski definition) is 1. The fraction of sp³-hybridized carbons (Fsp3) is 0.483. The summed E-state index contributed by atoms with van der Waals surface area (Å²) < 4.78 is 2.86. The summed E-state index contributed by atoms with van der Waals surface area (Å²) in [6, 6.07) is 17.0. The molecule has 0 unspecified atom stereocenters. The summed E-state index contributed by atoms with van der Waals surface area (Å²) in [7, 11) is 0. The van der Waals surface area contributed by atoms with Crippen LogP contribution in [0.15, 0.2) is 64.2 Å². The van der Waals surface area contributed by atoms with Gasteiger partial charge in [0.25, 0.3) is 0 Å². The van der Waals surface area contributed by atoms with Gasteiger partial charge in [-0.2, -0.15) is 0 Å². The molecule has 7 rings (SSSR count). The van der Waals surface area contributed by atoms with E-state index in [2.05, 4.69) is 12.2 Å². The number of nitrogens with zero attached hydrogens (tertiary/aromatic N) is 2. The van der Waals surface area contributed by atoms with Gasteiger partial charge in [0.1, 0.15) is 6.54 Å². The van der Waals surface area contributed by atoms with Gasteiger partial charge in [-0.1, -0.05) is 42.5 Å². The summed E-state index contributed by atoms with van der Waals surface area (Å²) in [5, 5.41) is 3.24. The Kier molecular flexibility index (Phi) is 5.42. The van der Waals surface area contributed by atoms with Gasteiger partial charge in [0.05, 0.1) is 17.6 Å². The fourth-order valence-electron chi connectivity index (χ4n) is 7.74. The van der Waals surface area contributed by atoms with E-state index in [1.807, 2.05) is 54.6 Å². The standard InChI is InChI=1S/C29H33N3O3/c1-19(29-14-21-11-22(15-29)13-23(12-21)16-29)30-26(33)18-32-25-10-6-5-9-24(25)31(27(34)28(32)35)17-20-7-3-2-4-8-20/h2-10,19,21-23H,11-18H2,1H3,(H,30,33)/t19-,21?,22?,23?,29?/m1/s1. The van der Waals surface area contributed by atoms with Crippen LogP contribution in [-0.2, 0) is 17.9 Å². The SMILES string of the molecule is C[C@@H](NC(=O)Cn1c(=O)c(=O)n(Cc2ccccc2)c2ccccc21)C12CC3CC(CC(C3)C1)C2. The number of para-hydroxylation sites is 2. The molecule has 4 aliphatic rings. The second-order valence-corrected chi connectivity index (χ2v) is 11.3. The molecule has 6 heteroatoms. The Hall–Kier alpha value is -3.15. The molecular weight excluding hydrogens is 438 g/mol. The second kappa shape index (κ2) is 8.51. The maximum atomic E-state index is 13.2. The summed E-state index contributed by atoms with van der Waals surface area (Å²) in [4.78, 5) is 39.5. The lowest BCUT2D eigenvalue weighted by Gasteiger charge is -2.59. The van der Waals surface area contributed by atoms with Crippen molar-refractivity contribution >= 4 is 16.9 Å². The number of fused-ring (bicyclic) bond motifs is 1. The van der Waals surface area contributed by atoms with E-state index >= 15 is 0 Å². The third-order valence-corrected chi connectivity index (χ3v) is 9.00. The van der Waals surface area contributed by atoms with E-state index in [1.54, 1.807) is 0 Å². The maximum Gasteiger partial charge on any atom is 0.317 e. The van der Waals surface area contributed by atoms with Gasteiger partial charge >= 0.3 is 11.1 Å². The van der Waals surface area contributed by atoms with Crippen LogP contribution in [0.25, 0.3) is 11.0 Å². The summed E-state index contributed by atoms with van der Waals surface area (Å²) in [6.07, 6.45) is 7.71. The molecule has 1 atom stereocenters. The zero-order valence-corrected chi connectivity index (χ0v) is 20.3. The normalized spacial score (nSPS) is 27.7. The molecule has 2 aromatic carbocycles. The molecule has 6 nitrogen and oxygen atoms in total. The van der Waals surface area contributed by atoms with Crippen molar-refractivity contribution in [2.24, 2.45) is 23.2 Å². The minimum absolute atomic E-state index is 0.0730. The molecule has 1 aromatic heterocycles. The van der Waals surface area contributed by atoms with Crippen LogP contribution in [0.1, 0.15) is 51.0 Å². The molecule has 35 heavy (non-hydrogen) atoms. The van der Waals surface area contributed by atoms with E-state index < -0.39 is 11.1 Å². The molecule has 182 valence electrons. The average molecular weight is 472 g/mol. The lowest BCUT2D eigenvalue weighted by molar-refractivity contribution is -0.126. The number of benzene rings is 2. The van der Waals surface area contributed by atoms with Crippen LogP contribution in [-0.4, -0.2) is 21.1 Å². The molecule has 3 aromatic rings. The van der Waals surface area contributed by atoms with Gasteiger partial charge in [0, 0.05) is 6.04 Å². The molecule has 0 aliphatic heterocycles. The smallest absolute Gasteiger partial charge is 0.317 e. The number of hydrogen-bond acceptors (Lipinski definition) is 3. The molecule has 0 radical (unpaired) electrons. The van der Waals surface area contributed by atoms with Crippen LogP contribution in [0.4, 0.5) is 0 Å². The van der Waals surface area contributed by atoms with Crippen LogP contribution in [0, 0.1) is 23.2 Å². The van der Waals surface area contributed by atoms with Crippen molar-refractivity contribution in [2.75, 3.05) is 0 Å². The third kappa shape index (κ3) is 3.93. The monoisotopic (exact) mass is 471 g/mol. The van der Waals surface area contributed by atoms with Gasteiger partial charge < -0.3 is 5.32 Å². The Morgan fingerprint density at radius 3 is 1.97 bits per heavy atom. The molecule has 1 heterocycles. The average Bonchev–Trinajstić information content (AvgIpc) is 2.84. The predicted molar refractivity (Wildman–Crippen MR) is 136 cm³/mol. The van der Waals surface area contributed by atoms with Crippen molar-refractivity contribution in [1.82, 2.24) is 14.5 Å². The minimum atomic E-state index is -0.655. The van der Waals surface area contributed by atoms with Crippen molar-refractivity contribution in [2.45, 2.75) is 64.6 Å². The van der Waals surface area contributed by atoms with E-state index in [0.29, 0.717) is 17.6 Å². The predicted octanol–water partition coefficient (Wildman–Crippen LogP) is 3.93. The Balaban J connectivity index is 1.27. The maximum absolute atomic E-state index is 13.2. The zero-order chi connectivity index (χ0) is 24.2. The Labute approximate surface area is 205 Å². The van der Waals surface area contributed by atoms with Crippen molar-refractivity contribution in [3.05, 3.63) is 80.9 Å². The Morgan fingerprint density at radius 2 is 1.37 bits per heavy atom. The van der Waals surface area contributed by atoms with Crippen molar-refractivity contribution in [1.29, 1.82) is 0 Å². The summed E-state index contributed by atoms with van der Waals surface area (Å²) in [5.41, 5.74) is 1.13. The van der Waals surface area contributed by atoms with Gasteiger partial charge in [-0.3, -0.25) is 23.5 Å². The van der Waals surface area contributed by atoms with E-state index in [4.69, 9.17) is 0 Å². The minimum Gasteiger partial charge on any atom is -0.352 e. The quantitative estimate of drug-likeness (QED) is 0.554. The molecule has 4 saturated carbocycles. The number of carbonyl (C=O) groups excluding carboxylic acids is 1. The Morgan fingerprint density at radius 1 is 0.857 bits per heavy atom. The first-order valence-electron chi connectivity index (χ1n) is 13.0. The van der Waals surface area contributed by atoms with Crippen LogP contribution in [0.5, 0.6) is 0 Å². The Bertz CT molecular complexity index is 1350. The molecule has 1 N–H and O–H groups in total. The first-order valence-corrected chi connectivity index (χ1v) is 13.0. The first kappa shape index (κ1) is 22.3. The molecule has 4 bridgehead atoms. The van der Waals surface area contributed by atoms with Crippen molar-refractivity contribution in [3.63, 3.8) is 0 Å². The molecule has 0 spiro atoms. The van der Waals surface area contributed by atoms with Gasteiger partial charge in [-0.05, 0) is 86.3 Å². The molecule has 4 aliphatic carbocycles. The second-order valence-electron chi connectivity index (χ2n) is 11.3. The zero-order valence-electron chi connectivity index (χ0n) is 20.3. The first-order chi connectivity index (χ1) is 16.9. The van der Waals surface area contributed by atoms with E-state index in [9.17, 15) is 14.4 Å². The fourth-order valence-corrected chi connectivity index (χ4v) is 7.74. The highest BCUT2D eigenvalue weighted by molar-refractivity contribution is 5.80. The highest BCUT2D eigenvalue weighted by Gasteiger charge is 2.53. The largest absolute Gasteiger partial charge is 0.352 e. The van der Waals surface area contributed by atoms with Crippen molar-refractivity contribution < 1.29 is 4.79 Å². The van der Waals surface area contributed by atoms with E-state index in [1.165, 1.54) is 47.7 Å². The van der Waals surface area contributed by atoms with Crippen LogP contribution >= 0.6 is 0 Å². The van der Waals surface area contributed by atoms with Crippen LogP contribution in [0.2, 0.25) is 0 Å². The van der Waals surface area contributed by atoms with Crippen LogP contribution in [0.3, 0.4) is 0 Å². The van der Waals surface area contributed by atoms with Gasteiger partial charge in [-0.15, -0.1) is 0 Å². The highest BCUT2D eigenvalue weighted by atomic mass is 16.2. The number of nitrogens with one attached hydrogen (secondary N) is 1. The van der Waals surface area contributed by atoms with Crippen LogP contribution < -0.4 is 16.4 Å². The van der Waals surface area contributed by atoms with Crippen molar-refractivity contribution in [3.8, 4) is 0 Å². The molecule has 1 amide bonds. The number of aromatic nitrogens is 2. The topological polar surface area (TPSA) is 73.1 Å². The lowest BCUT2D eigenvalue weighted by Crippen LogP contribution is -2.56. The molecular formula is C29H33N3O3. The lowest BCUT2D eigenvalue weighted by atomic mass is 9.48. The number of rotatable bonds is 6. The number of amides is 1. The van der Waals surface area contributed by atoms with Gasteiger partial charge in [0.15, 0.2) is 0 Å². The van der Waals surface area contributed by atoms with E-state index in [0.717, 1.165) is 23.3 Å². The summed E-state index contributed by atoms with van der Waals surface area (Å²) in [6.45, 7) is 2.31. The van der Waals surface area contributed by atoms with Gasteiger partial charge in [-0.25, -0.2) is 0 Å². The van der Waals surface area contributed by atoms with Gasteiger partial charge in [0.2, 0.25) is 5.91 Å². The summed E-state index contributed by atoms with van der Waals surface area (Å²) in [5.74, 6) is 2.24. The summed E-state index contributed by atoms with van der Waals surface area (Å²) >= 11 is 0. The molecule has 4 fully saturated rings. The third-order valence-electron chi connectivity index (χ3n) is 9.00. The molecule has 0 saturated heterocycles.